The van der Waals surface area contributed by atoms with Crippen LogP contribution in [-0.2, 0) is 6.42 Å². The number of hydrogen-bond acceptors (Lipinski definition) is 2. The highest BCUT2D eigenvalue weighted by Crippen LogP contribution is 2.40. The largest absolute Gasteiger partial charge is 0.319 e. The zero-order valence-electron chi connectivity index (χ0n) is 9.89. The molecule has 0 atom stereocenters. The van der Waals surface area contributed by atoms with Crippen LogP contribution >= 0.6 is 27.3 Å². The molecule has 0 unspecified atom stereocenters. The van der Waals surface area contributed by atoms with Gasteiger partial charge in [0, 0.05) is 11.4 Å². The quantitative estimate of drug-likeness (QED) is 0.878. The Morgan fingerprint density at radius 3 is 2.62 bits per heavy atom. The zero-order valence-corrected chi connectivity index (χ0v) is 12.3. The minimum absolute atomic E-state index is 0.525. The summed E-state index contributed by atoms with van der Waals surface area (Å²) < 4.78 is 1.26. The predicted octanol–water partition coefficient (Wildman–Crippen LogP) is 4.22. The molecule has 1 nitrogen and oxygen atoms in total. The van der Waals surface area contributed by atoms with Crippen molar-refractivity contribution in [3.63, 3.8) is 0 Å². The molecule has 1 heterocycles. The molecule has 1 aliphatic carbocycles. The van der Waals surface area contributed by atoms with Crippen molar-refractivity contribution < 1.29 is 0 Å². The second kappa shape index (κ2) is 5.65. The fourth-order valence-electron chi connectivity index (χ4n) is 2.91. The van der Waals surface area contributed by atoms with Crippen molar-refractivity contribution in [2.75, 3.05) is 13.6 Å². The molecular weight excluding hydrogens is 282 g/mol. The molecule has 2 rings (SSSR count). The van der Waals surface area contributed by atoms with Crippen LogP contribution in [0.2, 0.25) is 0 Å². The Kier molecular flexibility index (Phi) is 4.45. The third kappa shape index (κ3) is 3.08. The van der Waals surface area contributed by atoms with Gasteiger partial charge in [-0.1, -0.05) is 19.3 Å². The molecule has 90 valence electrons. The van der Waals surface area contributed by atoms with Crippen LogP contribution in [0.1, 0.15) is 37.0 Å². The molecule has 0 aromatic carbocycles. The van der Waals surface area contributed by atoms with Gasteiger partial charge in [0.25, 0.3) is 0 Å². The van der Waals surface area contributed by atoms with Crippen molar-refractivity contribution >= 4 is 27.3 Å². The maximum atomic E-state index is 3.56. The van der Waals surface area contributed by atoms with E-state index in [1.54, 1.807) is 0 Å². The van der Waals surface area contributed by atoms with Crippen molar-refractivity contribution in [1.29, 1.82) is 0 Å². The predicted molar refractivity (Wildman–Crippen MR) is 75.2 cm³/mol. The van der Waals surface area contributed by atoms with Gasteiger partial charge in [-0.25, -0.2) is 0 Å². The highest BCUT2D eigenvalue weighted by Gasteiger charge is 2.31. The second-order valence-electron chi connectivity index (χ2n) is 4.97. The lowest BCUT2D eigenvalue weighted by molar-refractivity contribution is 0.186. The third-order valence-corrected chi connectivity index (χ3v) is 5.27. The zero-order chi connectivity index (χ0) is 11.4. The molecule has 1 aromatic rings. The average Bonchev–Trinajstić information content (AvgIpc) is 2.65. The van der Waals surface area contributed by atoms with Gasteiger partial charge >= 0.3 is 0 Å². The lowest BCUT2D eigenvalue weighted by atomic mass is 9.71. The number of rotatable bonds is 4. The van der Waals surface area contributed by atoms with Gasteiger partial charge in [-0.05, 0) is 59.8 Å². The topological polar surface area (TPSA) is 12.0 Å². The minimum atomic E-state index is 0.525. The second-order valence-corrected chi connectivity index (χ2v) is 7.52. The Morgan fingerprint density at radius 1 is 1.31 bits per heavy atom. The lowest BCUT2D eigenvalue weighted by Crippen LogP contribution is -2.36. The first-order valence-electron chi connectivity index (χ1n) is 6.13. The maximum Gasteiger partial charge on any atom is 0.0701 e. The maximum absolute atomic E-state index is 3.56. The van der Waals surface area contributed by atoms with E-state index in [9.17, 15) is 0 Å². The van der Waals surface area contributed by atoms with Crippen LogP contribution in [0.15, 0.2) is 15.9 Å². The number of thiophene rings is 1. The Bertz CT molecular complexity index is 323. The lowest BCUT2D eigenvalue weighted by Gasteiger charge is -2.37. The van der Waals surface area contributed by atoms with E-state index in [0.717, 1.165) is 0 Å². The molecule has 0 radical (unpaired) electrons. The molecule has 1 aliphatic rings. The van der Waals surface area contributed by atoms with E-state index in [1.807, 2.05) is 11.3 Å². The smallest absolute Gasteiger partial charge is 0.0701 e. The highest BCUT2D eigenvalue weighted by atomic mass is 79.9. The van der Waals surface area contributed by atoms with Gasteiger partial charge in [0.05, 0.1) is 3.79 Å². The number of nitrogens with one attached hydrogen (secondary N) is 1. The molecule has 3 heteroatoms. The van der Waals surface area contributed by atoms with Crippen molar-refractivity contribution in [1.82, 2.24) is 5.32 Å². The summed E-state index contributed by atoms with van der Waals surface area (Å²) in [5, 5.41) is 3.40. The van der Waals surface area contributed by atoms with Crippen molar-refractivity contribution in [2.24, 2.45) is 5.41 Å². The van der Waals surface area contributed by atoms with Crippen LogP contribution in [0.5, 0.6) is 0 Å². The first-order chi connectivity index (χ1) is 7.74. The molecule has 0 saturated heterocycles. The van der Waals surface area contributed by atoms with Gasteiger partial charge in [0.1, 0.15) is 0 Å². The summed E-state index contributed by atoms with van der Waals surface area (Å²) in [6, 6.07) is 4.46. The molecule has 1 fully saturated rings. The van der Waals surface area contributed by atoms with Crippen LogP contribution in [-0.4, -0.2) is 13.6 Å². The van der Waals surface area contributed by atoms with Gasteiger partial charge in [-0.15, -0.1) is 11.3 Å². The number of halogens is 1. The summed E-state index contributed by atoms with van der Waals surface area (Å²) >= 11 is 5.45. The van der Waals surface area contributed by atoms with Gasteiger partial charge in [0.2, 0.25) is 0 Å². The molecular formula is C13H20BrNS. The van der Waals surface area contributed by atoms with Crippen LogP contribution in [0.3, 0.4) is 0 Å². The van der Waals surface area contributed by atoms with Gasteiger partial charge in [-0.3, -0.25) is 0 Å². The molecule has 0 spiro atoms. The van der Waals surface area contributed by atoms with E-state index in [0.29, 0.717) is 5.41 Å². The van der Waals surface area contributed by atoms with E-state index in [-0.39, 0.29) is 0 Å². The first kappa shape index (κ1) is 12.6. The normalized spacial score (nSPS) is 19.9. The minimum Gasteiger partial charge on any atom is -0.319 e. The van der Waals surface area contributed by atoms with Crippen molar-refractivity contribution in [3.05, 3.63) is 20.8 Å². The molecule has 0 amide bonds. The van der Waals surface area contributed by atoms with E-state index in [2.05, 4.69) is 40.4 Å². The summed E-state index contributed by atoms with van der Waals surface area (Å²) in [5.41, 5.74) is 0.525. The van der Waals surface area contributed by atoms with E-state index < -0.39 is 0 Å². The van der Waals surface area contributed by atoms with Gasteiger partial charge in [-0.2, -0.15) is 0 Å². The summed E-state index contributed by atoms with van der Waals surface area (Å²) in [7, 11) is 2.08. The van der Waals surface area contributed by atoms with Crippen LogP contribution < -0.4 is 5.32 Å². The summed E-state index contributed by atoms with van der Waals surface area (Å²) in [5.74, 6) is 0. The molecule has 16 heavy (non-hydrogen) atoms. The molecule has 1 saturated carbocycles. The Hall–Kier alpha value is 0.140. The van der Waals surface area contributed by atoms with E-state index in [1.165, 1.54) is 53.7 Å². The summed E-state index contributed by atoms with van der Waals surface area (Å²) in [4.78, 5) is 1.53. The molecule has 0 aliphatic heterocycles. The fourth-order valence-corrected chi connectivity index (χ4v) is 4.57. The highest BCUT2D eigenvalue weighted by molar-refractivity contribution is 9.11. The SMILES string of the molecule is CNCC1(Cc2ccc(Br)s2)CCCCC1. The molecule has 1 N–H and O–H groups in total. The molecule has 1 aromatic heterocycles. The standard InChI is InChI=1S/C13H20BrNS/c1-15-10-13(7-3-2-4-8-13)9-11-5-6-12(14)16-11/h5-6,15H,2-4,7-10H2,1H3. The van der Waals surface area contributed by atoms with Crippen LogP contribution in [0, 0.1) is 5.41 Å². The Labute approximate surface area is 111 Å². The Balaban J connectivity index is 2.06. The molecule has 0 bridgehead atoms. The van der Waals surface area contributed by atoms with E-state index in [4.69, 9.17) is 0 Å². The van der Waals surface area contributed by atoms with Crippen LogP contribution in [0.25, 0.3) is 0 Å². The van der Waals surface area contributed by atoms with Crippen molar-refractivity contribution in [3.8, 4) is 0 Å². The summed E-state index contributed by atoms with van der Waals surface area (Å²) in [6.07, 6.45) is 8.29. The monoisotopic (exact) mass is 301 g/mol. The van der Waals surface area contributed by atoms with Crippen LogP contribution in [0.4, 0.5) is 0 Å². The third-order valence-electron chi connectivity index (χ3n) is 3.64. The van der Waals surface area contributed by atoms with E-state index >= 15 is 0 Å². The summed E-state index contributed by atoms with van der Waals surface area (Å²) in [6.45, 7) is 1.17. The van der Waals surface area contributed by atoms with Crippen molar-refractivity contribution in [2.45, 2.75) is 38.5 Å². The van der Waals surface area contributed by atoms with Gasteiger partial charge in [0.15, 0.2) is 0 Å². The fraction of sp³-hybridized carbons (Fsp3) is 0.692. The Morgan fingerprint density at radius 2 is 2.06 bits per heavy atom. The number of hydrogen-bond donors (Lipinski definition) is 1. The van der Waals surface area contributed by atoms with Gasteiger partial charge < -0.3 is 5.32 Å². The first-order valence-corrected chi connectivity index (χ1v) is 7.74. The average molecular weight is 302 g/mol.